The quantitative estimate of drug-likeness (QED) is 0.457. The highest BCUT2D eigenvalue weighted by atomic mass is 16.5. The molecule has 0 saturated carbocycles. The average molecular weight is 421 g/mol. The Morgan fingerprint density at radius 3 is 2.53 bits per heavy atom. The average Bonchev–Trinajstić information content (AvgIpc) is 2.70. The van der Waals surface area contributed by atoms with Crippen molar-refractivity contribution in [3.05, 3.63) is 29.8 Å². The first-order chi connectivity index (χ1) is 14.3. The van der Waals surface area contributed by atoms with Crippen molar-refractivity contribution in [1.29, 1.82) is 0 Å². The molecule has 4 N–H and O–H groups in total. The number of hydrogen-bond donors (Lipinski definition) is 4. The standard InChI is InChI=1S/C22H36N4O4/c1-17(2)8-9-24-20(28)22(3,16-18-4-6-19(27)7-5-18)25-21(29)30-15-14-26-12-10-23-11-13-26/h4-7,17,23,27H,8-16H2,1-3H3,(H,24,28)(H,25,29)/t22-/m0/s1. The van der Waals surface area contributed by atoms with Gasteiger partial charge in [-0.2, -0.15) is 0 Å². The summed E-state index contributed by atoms with van der Waals surface area (Å²) in [5, 5.41) is 18.5. The Balaban J connectivity index is 1.95. The maximum Gasteiger partial charge on any atom is 0.408 e. The molecule has 1 aromatic carbocycles. The first kappa shape index (κ1) is 24.0. The van der Waals surface area contributed by atoms with E-state index >= 15 is 0 Å². The fraction of sp³-hybridized carbons (Fsp3) is 0.636. The van der Waals surface area contributed by atoms with Gasteiger partial charge in [-0.15, -0.1) is 0 Å². The largest absolute Gasteiger partial charge is 0.508 e. The van der Waals surface area contributed by atoms with Crippen molar-refractivity contribution in [2.45, 2.75) is 39.2 Å². The number of hydrogen-bond acceptors (Lipinski definition) is 6. The summed E-state index contributed by atoms with van der Waals surface area (Å²) in [6, 6.07) is 6.62. The van der Waals surface area contributed by atoms with Crippen LogP contribution in [0.25, 0.3) is 0 Å². The molecule has 1 aromatic rings. The van der Waals surface area contributed by atoms with Crippen molar-refractivity contribution in [2.24, 2.45) is 5.92 Å². The lowest BCUT2D eigenvalue weighted by Crippen LogP contribution is -2.58. The van der Waals surface area contributed by atoms with Gasteiger partial charge in [-0.25, -0.2) is 4.79 Å². The maximum absolute atomic E-state index is 12.9. The van der Waals surface area contributed by atoms with E-state index in [4.69, 9.17) is 4.74 Å². The van der Waals surface area contributed by atoms with Crippen LogP contribution >= 0.6 is 0 Å². The number of nitrogens with zero attached hydrogens (tertiary/aromatic N) is 1. The summed E-state index contributed by atoms with van der Waals surface area (Å²) < 4.78 is 5.36. The summed E-state index contributed by atoms with van der Waals surface area (Å²) in [7, 11) is 0. The van der Waals surface area contributed by atoms with Gasteiger partial charge in [0, 0.05) is 45.7 Å². The zero-order valence-corrected chi connectivity index (χ0v) is 18.4. The summed E-state index contributed by atoms with van der Waals surface area (Å²) in [5.74, 6) is 0.369. The van der Waals surface area contributed by atoms with Crippen LogP contribution in [0.2, 0.25) is 0 Å². The third-order valence-electron chi connectivity index (χ3n) is 5.23. The Bertz CT molecular complexity index is 674. The minimum absolute atomic E-state index is 0.155. The van der Waals surface area contributed by atoms with E-state index in [1.165, 1.54) is 0 Å². The third kappa shape index (κ3) is 8.20. The number of rotatable bonds is 10. The van der Waals surface area contributed by atoms with Gasteiger partial charge in [0.25, 0.3) is 0 Å². The van der Waals surface area contributed by atoms with Crippen LogP contribution in [0.4, 0.5) is 4.79 Å². The van der Waals surface area contributed by atoms with E-state index < -0.39 is 11.6 Å². The molecule has 0 unspecified atom stereocenters. The Morgan fingerprint density at radius 2 is 1.90 bits per heavy atom. The van der Waals surface area contributed by atoms with E-state index in [1.54, 1.807) is 31.2 Å². The van der Waals surface area contributed by atoms with E-state index in [0.717, 1.165) is 38.2 Å². The number of amides is 2. The van der Waals surface area contributed by atoms with E-state index in [0.29, 0.717) is 19.0 Å². The molecule has 1 atom stereocenters. The van der Waals surface area contributed by atoms with Crippen LogP contribution in [-0.4, -0.2) is 73.4 Å². The molecule has 1 saturated heterocycles. The highest BCUT2D eigenvalue weighted by Crippen LogP contribution is 2.17. The number of phenols is 1. The van der Waals surface area contributed by atoms with Crippen LogP contribution in [0, 0.1) is 5.92 Å². The van der Waals surface area contributed by atoms with Crippen LogP contribution in [0.1, 0.15) is 32.8 Å². The molecule has 1 heterocycles. The highest BCUT2D eigenvalue weighted by molar-refractivity contribution is 5.89. The van der Waals surface area contributed by atoms with Gasteiger partial charge in [-0.3, -0.25) is 9.69 Å². The predicted octanol–water partition coefficient (Wildman–Crippen LogP) is 1.49. The molecule has 2 rings (SSSR count). The van der Waals surface area contributed by atoms with E-state index in [9.17, 15) is 14.7 Å². The molecular weight excluding hydrogens is 384 g/mol. The van der Waals surface area contributed by atoms with Crippen molar-refractivity contribution in [2.75, 3.05) is 45.9 Å². The molecule has 168 valence electrons. The Labute approximate surface area is 179 Å². The van der Waals surface area contributed by atoms with Crippen molar-refractivity contribution >= 4 is 12.0 Å². The second kappa shape index (κ2) is 11.8. The summed E-state index contributed by atoms with van der Waals surface area (Å²) in [6.07, 6.45) is 0.537. The van der Waals surface area contributed by atoms with Gasteiger partial charge < -0.3 is 25.8 Å². The molecular formula is C22H36N4O4. The molecule has 8 heteroatoms. The molecule has 0 radical (unpaired) electrons. The molecule has 0 spiro atoms. The minimum atomic E-state index is -1.17. The van der Waals surface area contributed by atoms with Crippen molar-refractivity contribution in [1.82, 2.24) is 20.9 Å². The topological polar surface area (TPSA) is 103 Å². The molecule has 30 heavy (non-hydrogen) atoms. The Morgan fingerprint density at radius 1 is 1.23 bits per heavy atom. The van der Waals surface area contributed by atoms with Crippen molar-refractivity contribution in [3.8, 4) is 5.75 Å². The summed E-state index contributed by atoms with van der Waals surface area (Å²) in [4.78, 5) is 27.6. The summed E-state index contributed by atoms with van der Waals surface area (Å²) in [6.45, 7) is 11.1. The first-order valence-electron chi connectivity index (χ1n) is 10.7. The van der Waals surface area contributed by atoms with Crippen LogP contribution in [-0.2, 0) is 16.0 Å². The molecule has 0 bridgehead atoms. The van der Waals surface area contributed by atoms with Crippen LogP contribution in [0.15, 0.2) is 24.3 Å². The molecule has 0 aliphatic carbocycles. The second-order valence-corrected chi connectivity index (χ2v) is 8.47. The fourth-order valence-electron chi connectivity index (χ4n) is 3.34. The van der Waals surface area contributed by atoms with Crippen molar-refractivity contribution < 1.29 is 19.4 Å². The van der Waals surface area contributed by atoms with Crippen molar-refractivity contribution in [3.63, 3.8) is 0 Å². The lowest BCUT2D eigenvalue weighted by molar-refractivity contribution is -0.126. The minimum Gasteiger partial charge on any atom is -0.508 e. The molecule has 8 nitrogen and oxygen atoms in total. The van der Waals surface area contributed by atoms with Gasteiger partial charge in [0.15, 0.2) is 0 Å². The normalized spacial score (nSPS) is 16.7. The van der Waals surface area contributed by atoms with Gasteiger partial charge in [0.05, 0.1) is 0 Å². The first-order valence-corrected chi connectivity index (χ1v) is 10.7. The van der Waals surface area contributed by atoms with Crippen LogP contribution in [0.3, 0.4) is 0 Å². The number of benzene rings is 1. The van der Waals surface area contributed by atoms with E-state index in [-0.39, 0.29) is 24.7 Å². The zero-order chi connectivity index (χ0) is 22.0. The highest BCUT2D eigenvalue weighted by Gasteiger charge is 2.35. The molecule has 2 amide bonds. The number of aromatic hydroxyl groups is 1. The fourth-order valence-corrected chi connectivity index (χ4v) is 3.34. The van der Waals surface area contributed by atoms with Gasteiger partial charge in [0.1, 0.15) is 17.9 Å². The number of carbonyl (C=O) groups excluding carboxylic acids is 2. The van der Waals surface area contributed by atoms with Gasteiger partial charge in [-0.05, 0) is 37.0 Å². The molecule has 1 fully saturated rings. The monoisotopic (exact) mass is 420 g/mol. The number of phenolic OH excluding ortho intramolecular Hbond substituents is 1. The van der Waals surface area contributed by atoms with Crippen LogP contribution in [0.5, 0.6) is 5.75 Å². The van der Waals surface area contributed by atoms with Crippen LogP contribution < -0.4 is 16.0 Å². The van der Waals surface area contributed by atoms with Gasteiger partial charge >= 0.3 is 6.09 Å². The number of ether oxygens (including phenoxy) is 1. The number of nitrogens with one attached hydrogen (secondary N) is 3. The SMILES string of the molecule is CC(C)CCNC(=O)[C@](C)(Cc1ccc(O)cc1)NC(=O)OCCN1CCNCC1. The van der Waals surface area contributed by atoms with Gasteiger partial charge in [0.2, 0.25) is 5.91 Å². The zero-order valence-electron chi connectivity index (χ0n) is 18.4. The molecule has 1 aliphatic heterocycles. The maximum atomic E-state index is 12.9. The van der Waals surface area contributed by atoms with E-state index in [1.807, 2.05) is 0 Å². The smallest absolute Gasteiger partial charge is 0.408 e. The number of alkyl carbamates (subject to hydrolysis) is 1. The Hall–Kier alpha value is -2.32. The second-order valence-electron chi connectivity index (χ2n) is 8.47. The molecule has 0 aromatic heterocycles. The summed E-state index contributed by atoms with van der Waals surface area (Å²) >= 11 is 0. The predicted molar refractivity (Wildman–Crippen MR) is 116 cm³/mol. The van der Waals surface area contributed by atoms with Gasteiger partial charge in [-0.1, -0.05) is 26.0 Å². The molecule has 1 aliphatic rings. The summed E-state index contributed by atoms with van der Waals surface area (Å²) in [5.41, 5.74) is -0.337. The number of piperazine rings is 1. The third-order valence-corrected chi connectivity index (χ3v) is 5.23. The Kier molecular flexibility index (Phi) is 9.39. The lowest BCUT2D eigenvalue weighted by atomic mass is 9.91. The number of carbonyl (C=O) groups is 2. The lowest BCUT2D eigenvalue weighted by Gasteiger charge is -2.30. The van der Waals surface area contributed by atoms with E-state index in [2.05, 4.69) is 34.7 Å².